The second kappa shape index (κ2) is 5.67. The maximum atomic E-state index is 2.71. The molecule has 0 atom stereocenters. The van der Waals surface area contributed by atoms with Crippen LogP contribution >= 0.6 is 0 Å². The lowest BCUT2D eigenvalue weighted by Gasteiger charge is -2.61. The zero-order valence-electron chi connectivity index (χ0n) is 15.7. The molecule has 1 rings (SSSR count). The second-order valence-corrected chi connectivity index (χ2v) is 50.3. The van der Waals surface area contributed by atoms with E-state index in [2.05, 4.69) is 71.9 Å². The molecular weight excluding hydrogens is 305 g/mol. The summed E-state index contributed by atoms with van der Waals surface area (Å²) in [6.07, 6.45) is 6.90. The molecule has 4 heteroatoms. The van der Waals surface area contributed by atoms with Crippen LogP contribution in [-0.4, -0.2) is 29.4 Å². The highest BCUT2D eigenvalue weighted by Crippen LogP contribution is 2.47. The fourth-order valence-corrected chi connectivity index (χ4v) is 108. The van der Waals surface area contributed by atoms with Crippen molar-refractivity contribution in [3.05, 3.63) is 17.2 Å². The molecule has 0 fully saturated rings. The van der Waals surface area contributed by atoms with Gasteiger partial charge in [0.25, 0.3) is 0 Å². The molecule has 0 unspecified atom stereocenters. The van der Waals surface area contributed by atoms with E-state index in [0.29, 0.717) is 0 Å². The summed E-state index contributed by atoms with van der Waals surface area (Å²) >= 11 is 0. The molecule has 0 nitrogen and oxygen atoms in total. The first-order valence-corrected chi connectivity index (χ1v) is 23.8. The Morgan fingerprint density at radius 3 is 1.40 bits per heavy atom. The van der Waals surface area contributed by atoms with Gasteiger partial charge in [0.15, 0.2) is 0 Å². The zero-order chi connectivity index (χ0) is 16.0. The maximum absolute atomic E-state index is 2.71. The van der Waals surface area contributed by atoms with Gasteiger partial charge in [0, 0.05) is 29.4 Å². The van der Waals surface area contributed by atoms with Gasteiger partial charge >= 0.3 is 0 Å². The van der Waals surface area contributed by atoms with E-state index in [1.54, 1.807) is 5.57 Å². The van der Waals surface area contributed by atoms with E-state index in [4.69, 9.17) is 0 Å². The van der Waals surface area contributed by atoms with Crippen LogP contribution in [0.5, 0.6) is 0 Å². The minimum atomic E-state index is -1.28. The molecule has 0 aromatic rings. The maximum Gasteiger partial charge on any atom is 0.0492 e. The Labute approximate surface area is 131 Å². The zero-order valence-corrected chi connectivity index (χ0v) is 19.7. The van der Waals surface area contributed by atoms with Crippen molar-refractivity contribution in [1.82, 2.24) is 0 Å². The molecule has 1 aliphatic carbocycles. The first-order valence-electron chi connectivity index (χ1n) is 8.28. The van der Waals surface area contributed by atoms with Gasteiger partial charge in [-0.1, -0.05) is 70.6 Å². The van der Waals surface area contributed by atoms with Crippen LogP contribution in [0.2, 0.25) is 58.9 Å². The molecule has 0 aliphatic heterocycles. The fraction of sp³-hybridized carbons (Fsp3) is 0.812. The summed E-state index contributed by atoms with van der Waals surface area (Å²) in [7, 11) is -3.43. The van der Waals surface area contributed by atoms with Gasteiger partial charge in [-0.15, -0.1) is 0 Å². The van der Waals surface area contributed by atoms with Crippen LogP contribution in [0.15, 0.2) is 11.6 Å². The van der Waals surface area contributed by atoms with E-state index in [9.17, 15) is 0 Å². The van der Waals surface area contributed by atoms with Crippen LogP contribution in [-0.2, 0) is 0 Å². The standard InChI is InChI=1S/C16H37Si4/c1-15-12-11-13-16(14-15)20(17(2,3)4,18(5,6)7)19(8,9)10/h14H,11-13H2,1-10H3. The molecule has 0 aromatic heterocycles. The van der Waals surface area contributed by atoms with Crippen LogP contribution < -0.4 is 0 Å². The summed E-state index contributed by atoms with van der Waals surface area (Å²) in [4.78, 5) is 0. The molecule has 0 amide bonds. The Morgan fingerprint density at radius 2 is 1.10 bits per heavy atom. The Morgan fingerprint density at radius 1 is 0.700 bits per heavy atom. The third-order valence-electron chi connectivity index (χ3n) is 5.29. The van der Waals surface area contributed by atoms with Gasteiger partial charge in [-0.05, 0) is 31.7 Å². The first kappa shape index (κ1) is 18.7. The molecule has 1 aliphatic rings. The summed E-state index contributed by atoms with van der Waals surface area (Å²) in [5, 5.41) is 0. The molecule has 0 bridgehead atoms. The van der Waals surface area contributed by atoms with Crippen LogP contribution in [0.4, 0.5) is 0 Å². The quantitative estimate of drug-likeness (QED) is 0.556. The molecular formula is C16H37Si4. The van der Waals surface area contributed by atoms with Crippen molar-refractivity contribution in [1.29, 1.82) is 0 Å². The van der Waals surface area contributed by atoms with Crippen LogP contribution in [0, 0.1) is 5.54 Å². The lowest BCUT2D eigenvalue weighted by molar-refractivity contribution is 0.761. The van der Waals surface area contributed by atoms with Crippen LogP contribution in [0.25, 0.3) is 0 Å². The van der Waals surface area contributed by atoms with Crippen molar-refractivity contribution in [3.8, 4) is 0 Å². The largest absolute Gasteiger partial charge is 0.0823 e. The van der Waals surface area contributed by atoms with Gasteiger partial charge in [-0.25, -0.2) is 0 Å². The molecule has 0 heterocycles. The second-order valence-electron chi connectivity index (χ2n) is 9.87. The number of rotatable bonds is 4. The minimum Gasteiger partial charge on any atom is -0.0823 e. The van der Waals surface area contributed by atoms with E-state index < -0.39 is 29.4 Å². The molecule has 0 saturated carbocycles. The molecule has 0 aromatic carbocycles. The van der Waals surface area contributed by atoms with Gasteiger partial charge in [-0.3, -0.25) is 0 Å². The molecule has 0 saturated heterocycles. The van der Waals surface area contributed by atoms with Crippen molar-refractivity contribution < 1.29 is 0 Å². The smallest absolute Gasteiger partial charge is 0.0492 e. The van der Waals surface area contributed by atoms with Crippen LogP contribution in [0.3, 0.4) is 0 Å². The molecule has 0 spiro atoms. The lowest BCUT2D eigenvalue weighted by Crippen LogP contribution is -2.85. The van der Waals surface area contributed by atoms with Gasteiger partial charge < -0.3 is 0 Å². The van der Waals surface area contributed by atoms with Gasteiger partial charge in [0.05, 0.1) is 0 Å². The summed E-state index contributed by atoms with van der Waals surface area (Å²) in [6, 6.07) is 0. The van der Waals surface area contributed by atoms with Crippen molar-refractivity contribution >= 4 is 29.4 Å². The highest BCUT2D eigenvalue weighted by atomic mass is 29.9. The Kier molecular flexibility index (Phi) is 5.29. The average molecular weight is 342 g/mol. The Bertz CT molecular complexity index is 341. The highest BCUT2D eigenvalue weighted by Gasteiger charge is 2.64. The summed E-state index contributed by atoms with van der Waals surface area (Å²) in [5.41, 5.74) is 3.68. The van der Waals surface area contributed by atoms with Crippen molar-refractivity contribution in [2.24, 2.45) is 0 Å². The minimum absolute atomic E-state index is 1.14. The molecule has 1 radical (unpaired) electrons. The number of allylic oxidation sites excluding steroid dienone is 2. The SMILES string of the molecule is CC1=C[C]([Si]([Si](C)(C)C)([Si](C)(C)C)[Si](C)(C)C)CCC1. The fourth-order valence-electron chi connectivity index (χ4n) is 6.12. The van der Waals surface area contributed by atoms with Gasteiger partial charge in [-0.2, -0.15) is 0 Å². The summed E-state index contributed by atoms with van der Waals surface area (Å²) in [5.74, 6) is 0. The molecule has 117 valence electrons. The van der Waals surface area contributed by atoms with Crippen LogP contribution in [0.1, 0.15) is 26.2 Å². The first-order chi connectivity index (χ1) is 8.75. The third-order valence-corrected chi connectivity index (χ3v) is 77.0. The predicted octanol–water partition coefficient (Wildman–Crippen LogP) is 5.93. The predicted molar refractivity (Wildman–Crippen MR) is 107 cm³/mol. The van der Waals surface area contributed by atoms with E-state index in [-0.39, 0.29) is 0 Å². The van der Waals surface area contributed by atoms with E-state index in [0.717, 1.165) is 0 Å². The lowest BCUT2D eigenvalue weighted by atomic mass is 10.0. The Hall–Kier alpha value is 0.608. The van der Waals surface area contributed by atoms with Gasteiger partial charge in [0.2, 0.25) is 0 Å². The molecule has 20 heavy (non-hydrogen) atoms. The summed E-state index contributed by atoms with van der Waals surface area (Å²) < 4.78 is 0. The number of hydrogen-bond donors (Lipinski definition) is 0. The van der Waals surface area contributed by atoms with Crippen molar-refractivity contribution in [2.75, 3.05) is 0 Å². The summed E-state index contributed by atoms with van der Waals surface area (Å²) in [6.45, 7) is 25.5. The normalized spacial score (nSPS) is 20.0. The third kappa shape index (κ3) is 3.03. The topological polar surface area (TPSA) is 0 Å². The average Bonchev–Trinajstić information content (AvgIpc) is 2.10. The Balaban J connectivity index is 3.59. The monoisotopic (exact) mass is 341 g/mol. The number of hydrogen-bond acceptors (Lipinski definition) is 0. The van der Waals surface area contributed by atoms with E-state index >= 15 is 0 Å². The highest BCUT2D eigenvalue weighted by molar-refractivity contribution is 7.91. The van der Waals surface area contributed by atoms with E-state index in [1.807, 2.05) is 5.54 Å². The van der Waals surface area contributed by atoms with Crippen molar-refractivity contribution in [2.45, 2.75) is 85.1 Å². The van der Waals surface area contributed by atoms with E-state index in [1.165, 1.54) is 19.3 Å². The van der Waals surface area contributed by atoms with Crippen molar-refractivity contribution in [3.63, 3.8) is 0 Å². The van der Waals surface area contributed by atoms with Gasteiger partial charge in [0.1, 0.15) is 0 Å². The molecule has 0 N–H and O–H groups in total.